The fourth-order valence-corrected chi connectivity index (χ4v) is 2.18. The first-order valence-electron chi connectivity index (χ1n) is 5.86. The van der Waals surface area contributed by atoms with Gasteiger partial charge < -0.3 is 10.2 Å². The third-order valence-electron chi connectivity index (χ3n) is 3.04. The minimum absolute atomic E-state index is 0.0316. The molecule has 1 saturated heterocycles. The summed E-state index contributed by atoms with van der Waals surface area (Å²) in [4.78, 5) is 13.3. The van der Waals surface area contributed by atoms with Gasteiger partial charge in [0.05, 0.1) is 0 Å². The van der Waals surface area contributed by atoms with Gasteiger partial charge >= 0.3 is 6.03 Å². The van der Waals surface area contributed by atoms with Crippen LogP contribution >= 0.6 is 0 Å². The Bertz CT molecular complexity index is 422. The van der Waals surface area contributed by atoms with Gasteiger partial charge in [-0.1, -0.05) is 12.1 Å². The van der Waals surface area contributed by atoms with Crippen molar-refractivity contribution in [3.05, 3.63) is 34.6 Å². The molecular weight excluding hydrogens is 219 g/mol. The molecule has 0 unspecified atom stereocenters. The molecule has 0 aliphatic carbocycles. The molecule has 2 rings (SSSR count). The first kappa shape index (κ1) is 11.9. The number of aryl methyl sites for hydroxylation is 2. The van der Waals surface area contributed by atoms with Crippen molar-refractivity contribution >= 4 is 6.03 Å². The second-order valence-corrected chi connectivity index (χ2v) is 4.55. The summed E-state index contributed by atoms with van der Waals surface area (Å²) in [6.45, 7) is 5.57. The molecular formula is C13H17FN2O. The van der Waals surface area contributed by atoms with E-state index < -0.39 is 0 Å². The topological polar surface area (TPSA) is 32.3 Å². The lowest BCUT2D eigenvalue weighted by atomic mass is 10.1. The predicted molar refractivity (Wildman–Crippen MR) is 64.3 cm³/mol. The van der Waals surface area contributed by atoms with Gasteiger partial charge in [-0.15, -0.1) is 0 Å². The molecule has 0 bridgehead atoms. The largest absolute Gasteiger partial charge is 0.338 e. The van der Waals surface area contributed by atoms with Gasteiger partial charge in [0.2, 0.25) is 0 Å². The molecule has 0 radical (unpaired) electrons. The van der Waals surface area contributed by atoms with Crippen molar-refractivity contribution in [2.24, 2.45) is 0 Å². The van der Waals surface area contributed by atoms with Crippen LogP contribution in [0.2, 0.25) is 0 Å². The molecule has 1 aromatic carbocycles. The highest BCUT2D eigenvalue weighted by atomic mass is 19.1. The highest BCUT2D eigenvalue weighted by Gasteiger charge is 2.17. The van der Waals surface area contributed by atoms with Crippen LogP contribution in [0.3, 0.4) is 0 Å². The Labute approximate surface area is 101 Å². The third-order valence-corrected chi connectivity index (χ3v) is 3.04. The van der Waals surface area contributed by atoms with Crippen LogP contribution in [-0.2, 0) is 6.54 Å². The van der Waals surface area contributed by atoms with E-state index in [-0.39, 0.29) is 11.8 Å². The minimum Gasteiger partial charge on any atom is -0.338 e. The van der Waals surface area contributed by atoms with Gasteiger partial charge in [-0.25, -0.2) is 9.18 Å². The van der Waals surface area contributed by atoms with Crippen molar-refractivity contribution < 1.29 is 9.18 Å². The van der Waals surface area contributed by atoms with Crippen molar-refractivity contribution in [3.8, 4) is 0 Å². The molecule has 17 heavy (non-hydrogen) atoms. The molecule has 0 saturated carbocycles. The normalized spacial score (nSPS) is 15.9. The van der Waals surface area contributed by atoms with Crippen molar-refractivity contribution in [2.75, 3.05) is 13.1 Å². The summed E-state index contributed by atoms with van der Waals surface area (Å²) in [5, 5.41) is 2.81. The number of hydrogen-bond donors (Lipinski definition) is 1. The van der Waals surface area contributed by atoms with Crippen molar-refractivity contribution in [2.45, 2.75) is 26.8 Å². The molecule has 1 fully saturated rings. The molecule has 0 aromatic heterocycles. The van der Waals surface area contributed by atoms with Gasteiger partial charge in [-0.3, -0.25) is 0 Å². The molecule has 1 heterocycles. The lowest BCUT2D eigenvalue weighted by Gasteiger charge is -2.27. The van der Waals surface area contributed by atoms with E-state index in [4.69, 9.17) is 0 Å². The maximum atomic E-state index is 13.5. The zero-order valence-electron chi connectivity index (χ0n) is 10.2. The van der Waals surface area contributed by atoms with E-state index in [1.165, 1.54) is 0 Å². The van der Waals surface area contributed by atoms with Crippen LogP contribution in [0, 0.1) is 19.7 Å². The van der Waals surface area contributed by atoms with Gasteiger partial charge in [0.15, 0.2) is 0 Å². The van der Waals surface area contributed by atoms with Crippen LogP contribution in [0.15, 0.2) is 12.1 Å². The molecule has 2 amide bonds. The molecule has 1 aromatic rings. The Morgan fingerprint density at radius 3 is 2.59 bits per heavy atom. The average molecular weight is 236 g/mol. The van der Waals surface area contributed by atoms with Crippen LogP contribution in [0.25, 0.3) is 0 Å². The number of urea groups is 1. The first-order valence-corrected chi connectivity index (χ1v) is 5.86. The van der Waals surface area contributed by atoms with E-state index in [0.29, 0.717) is 17.7 Å². The van der Waals surface area contributed by atoms with Crippen LogP contribution in [-0.4, -0.2) is 24.0 Å². The van der Waals surface area contributed by atoms with E-state index in [1.807, 2.05) is 12.1 Å². The van der Waals surface area contributed by atoms with E-state index in [9.17, 15) is 9.18 Å². The number of benzene rings is 1. The summed E-state index contributed by atoms with van der Waals surface area (Å²) in [6, 6.07) is 3.59. The number of halogens is 1. The standard InChI is InChI=1S/C13H17FN2O/c1-9-6-11(7-10(2)12(9)14)8-16-5-3-4-15-13(16)17/h6-7H,3-5,8H2,1-2H3,(H,15,17). The summed E-state index contributed by atoms with van der Waals surface area (Å²) in [6.07, 6.45) is 0.963. The average Bonchev–Trinajstić information content (AvgIpc) is 2.29. The van der Waals surface area contributed by atoms with Crippen LogP contribution in [0.4, 0.5) is 9.18 Å². The summed E-state index contributed by atoms with van der Waals surface area (Å²) in [5.41, 5.74) is 2.26. The molecule has 1 N–H and O–H groups in total. The Kier molecular flexibility index (Phi) is 3.31. The van der Waals surface area contributed by atoms with Crippen molar-refractivity contribution in [1.29, 1.82) is 0 Å². The van der Waals surface area contributed by atoms with E-state index in [0.717, 1.165) is 25.1 Å². The molecule has 92 valence electrons. The summed E-state index contributed by atoms with van der Waals surface area (Å²) >= 11 is 0. The molecule has 4 heteroatoms. The Balaban J connectivity index is 2.15. The Hall–Kier alpha value is -1.58. The number of carbonyl (C=O) groups excluding carboxylic acids is 1. The first-order chi connectivity index (χ1) is 8.08. The van der Waals surface area contributed by atoms with E-state index in [1.54, 1.807) is 18.7 Å². The summed E-state index contributed by atoms with van der Waals surface area (Å²) < 4.78 is 13.5. The molecule has 1 aliphatic rings. The summed E-state index contributed by atoms with van der Waals surface area (Å²) in [5.74, 6) is -0.156. The van der Waals surface area contributed by atoms with E-state index in [2.05, 4.69) is 5.32 Å². The number of amides is 2. The molecule has 0 atom stereocenters. The zero-order chi connectivity index (χ0) is 12.4. The van der Waals surface area contributed by atoms with Crippen molar-refractivity contribution in [3.63, 3.8) is 0 Å². The van der Waals surface area contributed by atoms with Gasteiger partial charge in [-0.2, -0.15) is 0 Å². The number of hydrogen-bond acceptors (Lipinski definition) is 1. The van der Waals surface area contributed by atoms with E-state index >= 15 is 0 Å². The maximum absolute atomic E-state index is 13.5. The van der Waals surface area contributed by atoms with Gasteiger partial charge in [-0.05, 0) is 37.0 Å². The maximum Gasteiger partial charge on any atom is 0.317 e. The highest BCUT2D eigenvalue weighted by molar-refractivity contribution is 5.74. The number of nitrogens with one attached hydrogen (secondary N) is 1. The SMILES string of the molecule is Cc1cc(CN2CCCNC2=O)cc(C)c1F. The quantitative estimate of drug-likeness (QED) is 0.840. The van der Waals surface area contributed by atoms with Gasteiger partial charge in [0, 0.05) is 19.6 Å². The van der Waals surface area contributed by atoms with Crippen molar-refractivity contribution in [1.82, 2.24) is 10.2 Å². The number of carbonyl (C=O) groups is 1. The lowest BCUT2D eigenvalue weighted by Crippen LogP contribution is -2.45. The lowest BCUT2D eigenvalue weighted by molar-refractivity contribution is 0.183. The van der Waals surface area contributed by atoms with Crippen LogP contribution in [0.5, 0.6) is 0 Å². The zero-order valence-corrected chi connectivity index (χ0v) is 10.2. The van der Waals surface area contributed by atoms with Gasteiger partial charge in [0.25, 0.3) is 0 Å². The predicted octanol–water partition coefficient (Wildman–Crippen LogP) is 2.36. The smallest absolute Gasteiger partial charge is 0.317 e. The highest BCUT2D eigenvalue weighted by Crippen LogP contribution is 2.16. The third kappa shape index (κ3) is 2.57. The van der Waals surface area contributed by atoms with Crippen LogP contribution in [0.1, 0.15) is 23.1 Å². The van der Waals surface area contributed by atoms with Gasteiger partial charge in [0.1, 0.15) is 5.82 Å². The number of nitrogens with zero attached hydrogens (tertiary/aromatic N) is 1. The molecule has 3 nitrogen and oxygen atoms in total. The van der Waals surface area contributed by atoms with Crippen LogP contribution < -0.4 is 5.32 Å². The number of rotatable bonds is 2. The molecule has 1 aliphatic heterocycles. The Morgan fingerprint density at radius 1 is 1.35 bits per heavy atom. The Morgan fingerprint density at radius 2 is 2.00 bits per heavy atom. The molecule has 0 spiro atoms. The fraction of sp³-hybridized carbons (Fsp3) is 0.462. The summed E-state index contributed by atoms with van der Waals surface area (Å²) in [7, 11) is 0. The monoisotopic (exact) mass is 236 g/mol. The fourth-order valence-electron chi connectivity index (χ4n) is 2.18. The second-order valence-electron chi connectivity index (χ2n) is 4.55. The second kappa shape index (κ2) is 4.73. The minimum atomic E-state index is -0.156.